The van der Waals surface area contributed by atoms with Crippen molar-refractivity contribution in [2.75, 3.05) is 6.61 Å². The lowest BCUT2D eigenvalue weighted by Gasteiger charge is -2.16. The molecule has 0 saturated heterocycles. The van der Waals surface area contributed by atoms with Crippen LogP contribution in [0.3, 0.4) is 0 Å². The van der Waals surface area contributed by atoms with E-state index in [1.807, 2.05) is 25.1 Å². The molecule has 0 bridgehead atoms. The molecule has 20 heavy (non-hydrogen) atoms. The third kappa shape index (κ3) is 4.03. The van der Waals surface area contributed by atoms with Crippen molar-refractivity contribution in [3.8, 4) is 5.75 Å². The number of hydrogen-bond donors (Lipinski definition) is 2. The molecular weight excluding hydrogens is 270 g/mol. The highest BCUT2D eigenvalue weighted by Gasteiger charge is 2.13. The first-order valence-electron chi connectivity index (χ1n) is 6.82. The SMILES string of the molecule is CCCOc1cccc(C(Cc2csc(C)n2)NN)c1. The van der Waals surface area contributed by atoms with Crippen molar-refractivity contribution in [3.05, 3.63) is 45.9 Å². The molecule has 5 heteroatoms. The zero-order valence-corrected chi connectivity index (χ0v) is 12.7. The summed E-state index contributed by atoms with van der Waals surface area (Å²) >= 11 is 1.66. The molecule has 1 aromatic heterocycles. The van der Waals surface area contributed by atoms with Crippen LogP contribution in [0.4, 0.5) is 0 Å². The van der Waals surface area contributed by atoms with E-state index in [0.29, 0.717) is 0 Å². The summed E-state index contributed by atoms with van der Waals surface area (Å²) in [6, 6.07) is 8.11. The van der Waals surface area contributed by atoms with Gasteiger partial charge in [0, 0.05) is 11.8 Å². The summed E-state index contributed by atoms with van der Waals surface area (Å²) in [5, 5.41) is 3.16. The van der Waals surface area contributed by atoms with Gasteiger partial charge in [-0.05, 0) is 31.0 Å². The summed E-state index contributed by atoms with van der Waals surface area (Å²) in [4.78, 5) is 4.49. The molecule has 1 aromatic carbocycles. The molecule has 0 aliphatic carbocycles. The molecular formula is C15H21N3OS. The van der Waals surface area contributed by atoms with Crippen LogP contribution in [0.1, 0.15) is 35.7 Å². The molecule has 1 atom stereocenters. The average Bonchev–Trinajstić information content (AvgIpc) is 2.88. The Hall–Kier alpha value is -1.43. The fourth-order valence-electron chi connectivity index (χ4n) is 2.03. The first-order valence-corrected chi connectivity index (χ1v) is 7.70. The molecule has 1 heterocycles. The summed E-state index contributed by atoms with van der Waals surface area (Å²) < 4.78 is 5.66. The van der Waals surface area contributed by atoms with Crippen LogP contribution in [-0.2, 0) is 6.42 Å². The van der Waals surface area contributed by atoms with Gasteiger partial charge in [-0.15, -0.1) is 11.3 Å². The minimum Gasteiger partial charge on any atom is -0.494 e. The zero-order chi connectivity index (χ0) is 14.4. The second kappa shape index (κ2) is 7.38. The summed E-state index contributed by atoms with van der Waals surface area (Å²) in [6.07, 6.45) is 1.78. The van der Waals surface area contributed by atoms with E-state index in [1.165, 1.54) is 0 Å². The van der Waals surface area contributed by atoms with E-state index in [0.717, 1.165) is 41.5 Å². The smallest absolute Gasteiger partial charge is 0.119 e. The summed E-state index contributed by atoms with van der Waals surface area (Å²) in [7, 11) is 0. The third-order valence-corrected chi connectivity index (χ3v) is 3.84. The van der Waals surface area contributed by atoms with Gasteiger partial charge >= 0.3 is 0 Å². The van der Waals surface area contributed by atoms with Crippen molar-refractivity contribution < 1.29 is 4.74 Å². The first kappa shape index (κ1) is 15.0. The number of nitrogens with two attached hydrogens (primary N) is 1. The van der Waals surface area contributed by atoms with Gasteiger partial charge in [0.1, 0.15) is 5.75 Å². The van der Waals surface area contributed by atoms with E-state index >= 15 is 0 Å². The largest absolute Gasteiger partial charge is 0.494 e. The number of aromatic nitrogens is 1. The molecule has 0 aliphatic heterocycles. The topological polar surface area (TPSA) is 60.2 Å². The van der Waals surface area contributed by atoms with Gasteiger partial charge in [0.25, 0.3) is 0 Å². The van der Waals surface area contributed by atoms with Crippen molar-refractivity contribution in [2.24, 2.45) is 5.84 Å². The molecule has 1 unspecified atom stereocenters. The first-order chi connectivity index (χ1) is 9.72. The minimum absolute atomic E-state index is 0.0432. The highest BCUT2D eigenvalue weighted by Crippen LogP contribution is 2.23. The lowest BCUT2D eigenvalue weighted by atomic mass is 10.0. The minimum atomic E-state index is 0.0432. The molecule has 0 aliphatic rings. The van der Waals surface area contributed by atoms with Crippen molar-refractivity contribution in [2.45, 2.75) is 32.7 Å². The number of rotatable bonds is 7. The Morgan fingerprint density at radius 1 is 1.45 bits per heavy atom. The van der Waals surface area contributed by atoms with Crippen LogP contribution in [0.5, 0.6) is 5.75 Å². The van der Waals surface area contributed by atoms with Crippen molar-refractivity contribution in [1.29, 1.82) is 0 Å². The van der Waals surface area contributed by atoms with E-state index < -0.39 is 0 Å². The molecule has 108 valence electrons. The fraction of sp³-hybridized carbons (Fsp3) is 0.400. The fourth-order valence-corrected chi connectivity index (χ4v) is 2.65. The average molecular weight is 291 g/mol. The van der Waals surface area contributed by atoms with E-state index in [9.17, 15) is 0 Å². The predicted octanol–water partition coefficient (Wildman–Crippen LogP) is 2.99. The standard InChI is InChI=1S/C15H21N3OS/c1-3-7-19-14-6-4-5-12(8-14)15(18-16)9-13-10-20-11(2)17-13/h4-6,8,10,15,18H,3,7,9,16H2,1-2H3. The van der Waals surface area contributed by atoms with E-state index in [2.05, 4.69) is 28.8 Å². The summed E-state index contributed by atoms with van der Waals surface area (Å²) in [6.45, 7) is 4.84. The normalized spacial score (nSPS) is 12.3. The van der Waals surface area contributed by atoms with Crippen LogP contribution in [0, 0.1) is 6.92 Å². The van der Waals surface area contributed by atoms with E-state index in [4.69, 9.17) is 10.6 Å². The maximum Gasteiger partial charge on any atom is 0.119 e. The highest BCUT2D eigenvalue weighted by molar-refractivity contribution is 7.09. The molecule has 0 spiro atoms. The predicted molar refractivity (Wildman–Crippen MR) is 82.8 cm³/mol. The Balaban J connectivity index is 2.10. The monoisotopic (exact) mass is 291 g/mol. The van der Waals surface area contributed by atoms with Gasteiger partial charge in [-0.25, -0.2) is 4.98 Å². The number of ether oxygens (including phenoxy) is 1. The molecule has 0 fully saturated rings. The Kier molecular flexibility index (Phi) is 5.52. The number of hydrogen-bond acceptors (Lipinski definition) is 5. The molecule has 2 aromatic rings. The lowest BCUT2D eigenvalue weighted by molar-refractivity contribution is 0.316. The van der Waals surface area contributed by atoms with Gasteiger partial charge in [0.05, 0.1) is 23.4 Å². The number of thiazole rings is 1. The van der Waals surface area contributed by atoms with Gasteiger partial charge in [0.15, 0.2) is 0 Å². The van der Waals surface area contributed by atoms with Crippen LogP contribution >= 0.6 is 11.3 Å². The van der Waals surface area contributed by atoms with Crippen LogP contribution in [0.15, 0.2) is 29.6 Å². The molecule has 3 N–H and O–H groups in total. The number of nitrogens with one attached hydrogen (secondary N) is 1. The Morgan fingerprint density at radius 3 is 2.95 bits per heavy atom. The Bertz CT molecular complexity index is 541. The second-order valence-electron chi connectivity index (χ2n) is 4.70. The molecule has 0 amide bonds. The van der Waals surface area contributed by atoms with Crippen molar-refractivity contribution in [3.63, 3.8) is 0 Å². The maximum atomic E-state index is 5.69. The van der Waals surface area contributed by atoms with Crippen LogP contribution in [-0.4, -0.2) is 11.6 Å². The van der Waals surface area contributed by atoms with Crippen LogP contribution < -0.4 is 16.0 Å². The number of hydrazine groups is 1. The molecule has 0 saturated carbocycles. The number of nitrogens with zero attached hydrogens (tertiary/aromatic N) is 1. The van der Waals surface area contributed by atoms with Crippen LogP contribution in [0.2, 0.25) is 0 Å². The third-order valence-electron chi connectivity index (χ3n) is 3.01. The van der Waals surface area contributed by atoms with Crippen LogP contribution in [0.25, 0.3) is 0 Å². The van der Waals surface area contributed by atoms with Gasteiger partial charge in [0.2, 0.25) is 0 Å². The van der Waals surface area contributed by atoms with Gasteiger partial charge in [-0.3, -0.25) is 11.3 Å². The van der Waals surface area contributed by atoms with E-state index in [1.54, 1.807) is 11.3 Å². The van der Waals surface area contributed by atoms with E-state index in [-0.39, 0.29) is 6.04 Å². The molecule has 2 rings (SSSR count). The number of aryl methyl sites for hydroxylation is 1. The Morgan fingerprint density at radius 2 is 2.30 bits per heavy atom. The van der Waals surface area contributed by atoms with Gasteiger partial charge < -0.3 is 4.74 Å². The number of benzene rings is 1. The highest BCUT2D eigenvalue weighted by atomic mass is 32.1. The van der Waals surface area contributed by atoms with Crippen molar-refractivity contribution >= 4 is 11.3 Å². The summed E-state index contributed by atoms with van der Waals surface area (Å²) in [5.41, 5.74) is 5.05. The Labute approximate surface area is 124 Å². The molecule has 4 nitrogen and oxygen atoms in total. The second-order valence-corrected chi connectivity index (χ2v) is 5.76. The molecule has 0 radical (unpaired) electrons. The van der Waals surface area contributed by atoms with Gasteiger partial charge in [-0.2, -0.15) is 0 Å². The zero-order valence-electron chi connectivity index (χ0n) is 11.9. The quantitative estimate of drug-likeness (QED) is 0.608. The van der Waals surface area contributed by atoms with Crippen molar-refractivity contribution in [1.82, 2.24) is 10.4 Å². The van der Waals surface area contributed by atoms with Gasteiger partial charge in [-0.1, -0.05) is 19.1 Å². The summed E-state index contributed by atoms with van der Waals surface area (Å²) in [5.74, 6) is 6.58. The maximum absolute atomic E-state index is 5.69. The lowest BCUT2D eigenvalue weighted by Crippen LogP contribution is -2.29.